The van der Waals surface area contributed by atoms with Crippen LogP contribution in [0.2, 0.25) is 0 Å². The number of hydrogen-bond donors (Lipinski definition) is 1. The molecule has 3 heterocycles. The highest BCUT2D eigenvalue weighted by atomic mass is 16.5. The lowest BCUT2D eigenvalue weighted by molar-refractivity contribution is -0.120. The van der Waals surface area contributed by atoms with Gasteiger partial charge in [-0.15, -0.1) is 0 Å². The van der Waals surface area contributed by atoms with Gasteiger partial charge in [0.05, 0.1) is 11.4 Å². The highest BCUT2D eigenvalue weighted by molar-refractivity contribution is 5.94. The lowest BCUT2D eigenvalue weighted by Crippen LogP contribution is -2.40. The van der Waals surface area contributed by atoms with Crippen LogP contribution < -0.4 is 10.2 Å². The molecule has 0 aliphatic carbocycles. The minimum Gasteiger partial charge on any atom is -0.370 e. The van der Waals surface area contributed by atoms with Crippen LogP contribution in [0.5, 0.6) is 0 Å². The molecule has 1 aromatic carbocycles. The van der Waals surface area contributed by atoms with Gasteiger partial charge >= 0.3 is 0 Å². The lowest BCUT2D eigenvalue weighted by atomic mass is 9.96. The summed E-state index contributed by atoms with van der Waals surface area (Å²) in [5, 5.41) is 7.72. The molecule has 25 heavy (non-hydrogen) atoms. The summed E-state index contributed by atoms with van der Waals surface area (Å²) in [4.78, 5) is 19.3. The zero-order valence-electron chi connectivity index (χ0n) is 14.1. The number of nitrogens with one attached hydrogen (secondary N) is 1. The molecule has 6 nitrogen and oxygen atoms in total. The Hall–Kier alpha value is -2.89. The minimum absolute atomic E-state index is 0.00635. The molecule has 1 atom stereocenters. The molecule has 1 aliphatic heterocycles. The van der Waals surface area contributed by atoms with E-state index in [2.05, 4.69) is 39.4 Å². The molecular weight excluding hydrogens is 316 g/mol. The number of benzene rings is 1. The Balaban J connectivity index is 1.57. The summed E-state index contributed by atoms with van der Waals surface area (Å²) >= 11 is 0. The first kappa shape index (κ1) is 15.6. The summed E-state index contributed by atoms with van der Waals surface area (Å²) in [7, 11) is 0. The van der Waals surface area contributed by atoms with Crippen LogP contribution in [-0.4, -0.2) is 29.1 Å². The highest BCUT2D eigenvalue weighted by Gasteiger charge is 2.27. The maximum Gasteiger partial charge on any atom is 0.230 e. The number of pyridine rings is 1. The van der Waals surface area contributed by atoms with Crippen molar-refractivity contribution in [2.24, 2.45) is 5.92 Å². The maximum absolute atomic E-state index is 12.5. The Morgan fingerprint density at radius 3 is 3.08 bits per heavy atom. The van der Waals surface area contributed by atoms with Crippen LogP contribution in [0.4, 0.5) is 11.5 Å². The van der Waals surface area contributed by atoms with Crippen molar-refractivity contribution in [3.05, 3.63) is 48.4 Å². The molecule has 0 radical (unpaired) electrons. The van der Waals surface area contributed by atoms with Gasteiger partial charge in [0.25, 0.3) is 0 Å². The fourth-order valence-electron chi connectivity index (χ4n) is 3.44. The van der Waals surface area contributed by atoms with Gasteiger partial charge in [-0.05, 0) is 38.0 Å². The molecule has 6 heteroatoms. The van der Waals surface area contributed by atoms with Crippen molar-refractivity contribution < 1.29 is 9.32 Å². The van der Waals surface area contributed by atoms with Crippen LogP contribution in [0.3, 0.4) is 0 Å². The average molecular weight is 336 g/mol. The number of carbonyl (C=O) groups is 1. The first-order valence-electron chi connectivity index (χ1n) is 8.52. The van der Waals surface area contributed by atoms with Crippen molar-refractivity contribution in [3.63, 3.8) is 0 Å². The fourth-order valence-corrected chi connectivity index (χ4v) is 3.44. The predicted molar refractivity (Wildman–Crippen MR) is 96.5 cm³/mol. The highest BCUT2D eigenvalue weighted by Crippen LogP contribution is 2.30. The minimum atomic E-state index is -0.0709. The van der Waals surface area contributed by atoms with Crippen molar-refractivity contribution >= 4 is 28.3 Å². The molecule has 1 N–H and O–H groups in total. The largest absolute Gasteiger partial charge is 0.370 e. The molecule has 0 bridgehead atoms. The lowest BCUT2D eigenvalue weighted by Gasteiger charge is -2.34. The van der Waals surface area contributed by atoms with Crippen molar-refractivity contribution in [3.8, 4) is 0 Å². The summed E-state index contributed by atoms with van der Waals surface area (Å²) in [6, 6.07) is 9.98. The van der Waals surface area contributed by atoms with Crippen LogP contribution in [0.25, 0.3) is 10.9 Å². The van der Waals surface area contributed by atoms with E-state index in [0.717, 1.165) is 36.0 Å². The molecule has 0 spiro atoms. The van der Waals surface area contributed by atoms with E-state index in [0.29, 0.717) is 12.4 Å². The molecular formula is C19H20N4O2. The second kappa shape index (κ2) is 6.55. The molecule has 3 aromatic rings. The first-order valence-corrected chi connectivity index (χ1v) is 8.52. The Kier molecular flexibility index (Phi) is 4.09. The Morgan fingerprint density at radius 1 is 1.32 bits per heavy atom. The van der Waals surface area contributed by atoms with Crippen LogP contribution >= 0.6 is 0 Å². The molecule has 0 saturated carbocycles. The maximum atomic E-state index is 12.5. The van der Waals surface area contributed by atoms with E-state index in [1.807, 2.05) is 18.3 Å². The van der Waals surface area contributed by atoms with Gasteiger partial charge in [0, 0.05) is 36.4 Å². The SMILES string of the molecule is Cc1ccc2nccc(N3CCCC(C(=O)Nc4ccon4)C3)c2c1. The van der Waals surface area contributed by atoms with Crippen LogP contribution in [0.15, 0.2) is 47.3 Å². The number of nitrogens with zero attached hydrogens (tertiary/aromatic N) is 3. The van der Waals surface area contributed by atoms with Gasteiger partial charge in [-0.2, -0.15) is 0 Å². The van der Waals surface area contributed by atoms with Crippen molar-refractivity contribution in [2.75, 3.05) is 23.3 Å². The number of hydrogen-bond acceptors (Lipinski definition) is 5. The second-order valence-electron chi connectivity index (χ2n) is 6.51. The van der Waals surface area contributed by atoms with Gasteiger partial charge in [0.15, 0.2) is 5.82 Å². The number of aromatic nitrogens is 2. The van der Waals surface area contributed by atoms with Gasteiger partial charge in [0.2, 0.25) is 5.91 Å². The van der Waals surface area contributed by atoms with Crippen LogP contribution in [0.1, 0.15) is 18.4 Å². The van der Waals surface area contributed by atoms with Gasteiger partial charge in [-0.3, -0.25) is 9.78 Å². The van der Waals surface area contributed by atoms with Crippen LogP contribution in [-0.2, 0) is 4.79 Å². The summed E-state index contributed by atoms with van der Waals surface area (Å²) in [5.74, 6) is 0.388. The van der Waals surface area contributed by atoms with Gasteiger partial charge in [0.1, 0.15) is 6.26 Å². The number of carbonyl (C=O) groups excluding carboxylic acids is 1. The predicted octanol–water partition coefficient (Wildman–Crippen LogP) is 3.39. The van der Waals surface area contributed by atoms with E-state index in [9.17, 15) is 4.79 Å². The molecule has 1 saturated heterocycles. The normalized spacial score (nSPS) is 17.6. The molecule has 1 unspecified atom stereocenters. The molecule has 4 rings (SSSR count). The van der Waals surface area contributed by atoms with Crippen LogP contribution in [0, 0.1) is 12.8 Å². The van der Waals surface area contributed by atoms with E-state index < -0.39 is 0 Å². The summed E-state index contributed by atoms with van der Waals surface area (Å²) in [6.45, 7) is 3.72. The summed E-state index contributed by atoms with van der Waals surface area (Å²) in [5.41, 5.74) is 3.34. The number of rotatable bonds is 3. The molecule has 2 aromatic heterocycles. The third kappa shape index (κ3) is 3.20. The Labute approximate surface area is 145 Å². The molecule has 1 fully saturated rings. The number of piperidine rings is 1. The number of fused-ring (bicyclic) bond motifs is 1. The molecule has 1 aliphatic rings. The molecule has 1 amide bonds. The van der Waals surface area contributed by atoms with Gasteiger partial charge in [-0.25, -0.2) is 0 Å². The van der Waals surface area contributed by atoms with Crippen molar-refractivity contribution in [1.29, 1.82) is 0 Å². The molecule has 128 valence electrons. The Morgan fingerprint density at radius 2 is 2.24 bits per heavy atom. The zero-order chi connectivity index (χ0) is 17.2. The monoisotopic (exact) mass is 336 g/mol. The van der Waals surface area contributed by atoms with E-state index >= 15 is 0 Å². The number of amides is 1. The number of anilines is 2. The first-order chi connectivity index (χ1) is 12.2. The summed E-state index contributed by atoms with van der Waals surface area (Å²) in [6.07, 6.45) is 5.15. The zero-order valence-corrected chi connectivity index (χ0v) is 14.1. The van der Waals surface area contributed by atoms with Gasteiger partial charge < -0.3 is 14.7 Å². The third-order valence-electron chi connectivity index (χ3n) is 4.70. The second-order valence-corrected chi connectivity index (χ2v) is 6.51. The van der Waals surface area contributed by atoms with E-state index in [-0.39, 0.29) is 11.8 Å². The quantitative estimate of drug-likeness (QED) is 0.794. The third-order valence-corrected chi connectivity index (χ3v) is 4.70. The average Bonchev–Trinajstić information content (AvgIpc) is 3.14. The van der Waals surface area contributed by atoms with Crippen molar-refractivity contribution in [2.45, 2.75) is 19.8 Å². The van der Waals surface area contributed by atoms with E-state index in [1.165, 1.54) is 11.8 Å². The fraction of sp³-hybridized carbons (Fsp3) is 0.316. The Bertz CT molecular complexity index is 892. The smallest absolute Gasteiger partial charge is 0.230 e. The van der Waals surface area contributed by atoms with Gasteiger partial charge in [-0.1, -0.05) is 16.8 Å². The van der Waals surface area contributed by atoms with E-state index in [4.69, 9.17) is 4.52 Å². The topological polar surface area (TPSA) is 71.3 Å². The number of aryl methyl sites for hydroxylation is 1. The summed E-state index contributed by atoms with van der Waals surface area (Å²) < 4.78 is 4.77. The van der Waals surface area contributed by atoms with Crippen molar-refractivity contribution in [1.82, 2.24) is 10.1 Å². The van der Waals surface area contributed by atoms with E-state index in [1.54, 1.807) is 6.07 Å². The standard InChI is InChI=1S/C19H20N4O2/c1-13-4-5-16-15(11-13)17(6-8-20-16)23-9-2-3-14(12-23)19(24)21-18-7-10-25-22-18/h4-8,10-11,14H,2-3,9,12H2,1H3,(H,21,22,24).